The van der Waals surface area contributed by atoms with Crippen molar-refractivity contribution in [2.24, 2.45) is 0 Å². The van der Waals surface area contributed by atoms with E-state index in [9.17, 15) is 9.18 Å². The van der Waals surface area contributed by atoms with Crippen molar-refractivity contribution in [3.8, 4) is 0 Å². The van der Waals surface area contributed by atoms with Crippen molar-refractivity contribution in [2.75, 3.05) is 5.75 Å². The maximum atomic E-state index is 12.9. The molecule has 0 heterocycles. The Kier molecular flexibility index (Phi) is 5.00. The highest BCUT2D eigenvalue weighted by Gasteiger charge is 2.12. The number of carbonyl (C=O) groups excluding carboxylic acids is 1. The van der Waals surface area contributed by atoms with Crippen LogP contribution in [0.2, 0.25) is 0 Å². The molecule has 1 amide bonds. The van der Waals surface area contributed by atoms with Crippen LogP contribution in [0.25, 0.3) is 0 Å². The minimum atomic E-state index is -0.277. The number of thioether (sulfide) groups is 1. The van der Waals surface area contributed by atoms with Gasteiger partial charge in [0.25, 0.3) is 0 Å². The number of hydrogen-bond acceptors (Lipinski definition) is 2. The molecule has 0 saturated carbocycles. The first-order valence-corrected chi connectivity index (χ1v) is 6.50. The highest BCUT2D eigenvalue weighted by molar-refractivity contribution is 8.01. The lowest BCUT2D eigenvalue weighted by molar-refractivity contribution is -0.118. The minimum Gasteiger partial charge on any atom is -0.351 e. The second-order valence-electron chi connectivity index (χ2n) is 4.81. The standard InChI is InChI=1S/C13H18FNOS/c1-13(2,3)17-9-12(16)15-8-10-5-4-6-11(14)7-10/h4-7H,8-9H2,1-3H3,(H,15,16). The van der Waals surface area contributed by atoms with Crippen molar-refractivity contribution in [1.29, 1.82) is 0 Å². The van der Waals surface area contributed by atoms with Gasteiger partial charge in [-0.2, -0.15) is 0 Å². The van der Waals surface area contributed by atoms with E-state index in [0.29, 0.717) is 12.3 Å². The topological polar surface area (TPSA) is 29.1 Å². The molecule has 1 N–H and O–H groups in total. The lowest BCUT2D eigenvalue weighted by Crippen LogP contribution is -2.26. The summed E-state index contributed by atoms with van der Waals surface area (Å²) >= 11 is 1.59. The Labute approximate surface area is 106 Å². The third-order valence-electron chi connectivity index (χ3n) is 2.01. The van der Waals surface area contributed by atoms with Gasteiger partial charge >= 0.3 is 0 Å². The van der Waals surface area contributed by atoms with E-state index in [4.69, 9.17) is 0 Å². The third kappa shape index (κ3) is 6.31. The van der Waals surface area contributed by atoms with Crippen LogP contribution in [0.3, 0.4) is 0 Å². The van der Waals surface area contributed by atoms with E-state index >= 15 is 0 Å². The molecule has 17 heavy (non-hydrogen) atoms. The van der Waals surface area contributed by atoms with E-state index < -0.39 is 0 Å². The van der Waals surface area contributed by atoms with Crippen LogP contribution in [0.4, 0.5) is 4.39 Å². The van der Waals surface area contributed by atoms with E-state index in [0.717, 1.165) is 5.56 Å². The van der Waals surface area contributed by atoms with Gasteiger partial charge in [0.2, 0.25) is 5.91 Å². The van der Waals surface area contributed by atoms with Gasteiger partial charge in [-0.05, 0) is 17.7 Å². The SMILES string of the molecule is CC(C)(C)SCC(=O)NCc1cccc(F)c1. The molecule has 1 aromatic rings. The maximum Gasteiger partial charge on any atom is 0.230 e. The highest BCUT2D eigenvalue weighted by Crippen LogP contribution is 2.22. The molecule has 1 rings (SSSR count). The van der Waals surface area contributed by atoms with Crippen molar-refractivity contribution >= 4 is 17.7 Å². The Hall–Kier alpha value is -1.03. The second kappa shape index (κ2) is 6.05. The number of benzene rings is 1. The number of amides is 1. The molecule has 0 aliphatic carbocycles. The summed E-state index contributed by atoms with van der Waals surface area (Å²) in [5.74, 6) is 0.133. The average Bonchev–Trinajstić information content (AvgIpc) is 2.23. The first-order valence-electron chi connectivity index (χ1n) is 5.52. The zero-order chi connectivity index (χ0) is 12.9. The first kappa shape index (κ1) is 14.0. The molecule has 0 radical (unpaired) electrons. The van der Waals surface area contributed by atoms with Crippen LogP contribution in [-0.2, 0) is 11.3 Å². The van der Waals surface area contributed by atoms with Gasteiger partial charge in [-0.3, -0.25) is 4.79 Å². The normalized spacial score (nSPS) is 11.3. The number of carbonyl (C=O) groups is 1. The number of rotatable bonds is 4. The fraction of sp³-hybridized carbons (Fsp3) is 0.462. The molecule has 0 aromatic heterocycles. The largest absolute Gasteiger partial charge is 0.351 e. The van der Waals surface area contributed by atoms with Crippen LogP contribution in [0, 0.1) is 5.82 Å². The Morgan fingerprint density at radius 1 is 1.41 bits per heavy atom. The lowest BCUT2D eigenvalue weighted by Gasteiger charge is -2.16. The fourth-order valence-electron chi connectivity index (χ4n) is 1.18. The van der Waals surface area contributed by atoms with Crippen LogP contribution in [0.5, 0.6) is 0 Å². The summed E-state index contributed by atoms with van der Waals surface area (Å²) in [6.45, 7) is 6.58. The van der Waals surface area contributed by atoms with E-state index in [1.54, 1.807) is 23.9 Å². The summed E-state index contributed by atoms with van der Waals surface area (Å²) < 4.78 is 13.0. The van der Waals surface area contributed by atoms with Crippen molar-refractivity contribution in [1.82, 2.24) is 5.32 Å². The molecular weight excluding hydrogens is 237 g/mol. The molecule has 2 nitrogen and oxygen atoms in total. The van der Waals surface area contributed by atoms with E-state index in [2.05, 4.69) is 26.1 Å². The second-order valence-corrected chi connectivity index (χ2v) is 6.61. The van der Waals surface area contributed by atoms with E-state index in [1.807, 2.05) is 0 Å². The van der Waals surface area contributed by atoms with Gasteiger partial charge in [0.15, 0.2) is 0 Å². The fourth-order valence-corrected chi connectivity index (χ4v) is 1.85. The van der Waals surface area contributed by atoms with Gasteiger partial charge in [0.1, 0.15) is 5.82 Å². The van der Waals surface area contributed by atoms with Gasteiger partial charge in [0.05, 0.1) is 5.75 Å². The molecule has 0 fully saturated rings. The smallest absolute Gasteiger partial charge is 0.230 e. The molecule has 0 unspecified atom stereocenters. The van der Waals surface area contributed by atoms with Gasteiger partial charge in [-0.1, -0.05) is 32.9 Å². The number of nitrogens with one attached hydrogen (secondary N) is 1. The Morgan fingerprint density at radius 3 is 2.71 bits per heavy atom. The molecule has 94 valence electrons. The van der Waals surface area contributed by atoms with Crippen LogP contribution in [0.15, 0.2) is 24.3 Å². The molecule has 0 aliphatic heterocycles. The van der Waals surface area contributed by atoms with Gasteiger partial charge in [-0.25, -0.2) is 4.39 Å². The summed E-state index contributed by atoms with van der Waals surface area (Å²) in [5.41, 5.74) is 0.777. The number of hydrogen-bond donors (Lipinski definition) is 1. The summed E-state index contributed by atoms with van der Waals surface area (Å²) in [7, 11) is 0. The molecule has 0 bridgehead atoms. The van der Waals surface area contributed by atoms with Crippen molar-refractivity contribution in [2.45, 2.75) is 32.1 Å². The predicted molar refractivity (Wildman–Crippen MR) is 70.5 cm³/mol. The molecule has 4 heteroatoms. The summed E-state index contributed by atoms with van der Waals surface area (Å²) in [6.07, 6.45) is 0. The van der Waals surface area contributed by atoms with E-state index in [1.165, 1.54) is 12.1 Å². The Bertz CT molecular complexity index is 387. The molecule has 0 aliphatic rings. The molecule has 1 aromatic carbocycles. The lowest BCUT2D eigenvalue weighted by atomic mass is 10.2. The predicted octanol–water partition coefficient (Wildman–Crippen LogP) is 2.97. The van der Waals surface area contributed by atoms with E-state index in [-0.39, 0.29) is 16.5 Å². The molecular formula is C13H18FNOS. The van der Waals surface area contributed by atoms with Crippen molar-refractivity contribution < 1.29 is 9.18 Å². The molecule has 0 spiro atoms. The van der Waals surface area contributed by atoms with Gasteiger partial charge in [0, 0.05) is 11.3 Å². The summed E-state index contributed by atoms with van der Waals surface area (Å²) in [4.78, 5) is 11.5. The minimum absolute atomic E-state index is 0.0193. The van der Waals surface area contributed by atoms with Crippen molar-refractivity contribution in [3.05, 3.63) is 35.6 Å². The Balaban J connectivity index is 2.33. The zero-order valence-electron chi connectivity index (χ0n) is 10.4. The van der Waals surface area contributed by atoms with Crippen LogP contribution in [-0.4, -0.2) is 16.4 Å². The van der Waals surface area contributed by atoms with Crippen LogP contribution < -0.4 is 5.32 Å². The average molecular weight is 255 g/mol. The first-order chi connectivity index (χ1) is 7.87. The maximum absolute atomic E-state index is 12.9. The van der Waals surface area contributed by atoms with Gasteiger partial charge < -0.3 is 5.32 Å². The number of halogens is 1. The van der Waals surface area contributed by atoms with Crippen molar-refractivity contribution in [3.63, 3.8) is 0 Å². The zero-order valence-corrected chi connectivity index (χ0v) is 11.2. The third-order valence-corrected chi connectivity index (χ3v) is 3.29. The van der Waals surface area contributed by atoms with Crippen LogP contribution >= 0.6 is 11.8 Å². The quantitative estimate of drug-likeness (QED) is 0.896. The highest BCUT2D eigenvalue weighted by atomic mass is 32.2. The monoisotopic (exact) mass is 255 g/mol. The summed E-state index contributed by atoms with van der Waals surface area (Å²) in [5, 5.41) is 2.77. The Morgan fingerprint density at radius 2 is 2.12 bits per heavy atom. The summed E-state index contributed by atoms with van der Waals surface area (Å²) in [6, 6.07) is 6.25. The molecule has 0 atom stereocenters. The molecule has 0 saturated heterocycles. The van der Waals surface area contributed by atoms with Crippen LogP contribution in [0.1, 0.15) is 26.3 Å². The van der Waals surface area contributed by atoms with Gasteiger partial charge in [-0.15, -0.1) is 11.8 Å².